The molecule has 78 valence electrons. The lowest BCUT2D eigenvalue weighted by molar-refractivity contribution is 0.112. The first-order valence-corrected chi connectivity index (χ1v) is 4.83. The van der Waals surface area contributed by atoms with Crippen molar-refractivity contribution in [3.63, 3.8) is 0 Å². The lowest BCUT2D eigenvalue weighted by atomic mass is 10.1. The molecule has 0 N–H and O–H groups in total. The first kappa shape index (κ1) is 10.1. The highest BCUT2D eigenvalue weighted by Gasteiger charge is 2.13. The molecule has 2 aromatic rings. The molecular formula is C11H10ClNO2. The number of methoxy groups -OCH3 is 1. The van der Waals surface area contributed by atoms with Gasteiger partial charge in [-0.3, -0.25) is 4.79 Å². The second-order valence-corrected chi connectivity index (χ2v) is 3.70. The van der Waals surface area contributed by atoms with Crippen LogP contribution in [0.2, 0.25) is 5.02 Å². The highest BCUT2D eigenvalue weighted by molar-refractivity contribution is 6.33. The number of aldehydes is 1. The van der Waals surface area contributed by atoms with Gasteiger partial charge in [-0.25, -0.2) is 0 Å². The average Bonchev–Trinajstić information content (AvgIpc) is 2.55. The van der Waals surface area contributed by atoms with Crippen molar-refractivity contribution < 1.29 is 9.53 Å². The maximum Gasteiger partial charge on any atom is 0.152 e. The van der Waals surface area contributed by atoms with E-state index in [2.05, 4.69) is 0 Å². The van der Waals surface area contributed by atoms with Gasteiger partial charge in [0.2, 0.25) is 0 Å². The quantitative estimate of drug-likeness (QED) is 0.733. The van der Waals surface area contributed by atoms with Crippen LogP contribution in [0.25, 0.3) is 10.9 Å². The number of carbonyl (C=O) groups excluding carboxylic acids is 1. The van der Waals surface area contributed by atoms with E-state index < -0.39 is 0 Å². The molecule has 0 aliphatic carbocycles. The normalized spacial score (nSPS) is 10.6. The largest absolute Gasteiger partial charge is 0.494 e. The topological polar surface area (TPSA) is 31.2 Å². The molecule has 1 aromatic carbocycles. The molecule has 0 atom stereocenters. The van der Waals surface area contributed by atoms with E-state index >= 15 is 0 Å². The predicted octanol–water partition coefficient (Wildman–Crippen LogP) is 2.65. The molecule has 3 nitrogen and oxygen atoms in total. The Hall–Kier alpha value is -1.48. The van der Waals surface area contributed by atoms with Crippen molar-refractivity contribution in [1.29, 1.82) is 0 Å². The molecular weight excluding hydrogens is 214 g/mol. The van der Waals surface area contributed by atoms with Crippen LogP contribution in [0.3, 0.4) is 0 Å². The van der Waals surface area contributed by atoms with E-state index in [1.165, 1.54) is 0 Å². The van der Waals surface area contributed by atoms with E-state index in [0.29, 0.717) is 16.3 Å². The Morgan fingerprint density at radius 1 is 1.47 bits per heavy atom. The van der Waals surface area contributed by atoms with Crippen molar-refractivity contribution in [3.05, 3.63) is 28.9 Å². The Bertz CT molecular complexity index is 531. The van der Waals surface area contributed by atoms with Gasteiger partial charge in [0.1, 0.15) is 5.75 Å². The first-order valence-electron chi connectivity index (χ1n) is 4.45. The van der Waals surface area contributed by atoms with Crippen LogP contribution in [-0.2, 0) is 7.05 Å². The Morgan fingerprint density at radius 3 is 2.80 bits per heavy atom. The summed E-state index contributed by atoms with van der Waals surface area (Å²) in [5.74, 6) is 0.553. The predicted molar refractivity (Wildman–Crippen MR) is 59.9 cm³/mol. The number of hydrogen-bond acceptors (Lipinski definition) is 2. The van der Waals surface area contributed by atoms with Gasteiger partial charge in [-0.2, -0.15) is 0 Å². The van der Waals surface area contributed by atoms with Crippen LogP contribution in [0.5, 0.6) is 5.75 Å². The number of hydrogen-bond donors (Lipinski definition) is 0. The van der Waals surface area contributed by atoms with E-state index in [0.717, 1.165) is 17.2 Å². The summed E-state index contributed by atoms with van der Waals surface area (Å²) in [6.45, 7) is 0. The van der Waals surface area contributed by atoms with Crippen LogP contribution in [-0.4, -0.2) is 18.0 Å². The minimum atomic E-state index is 0.513. The summed E-state index contributed by atoms with van der Waals surface area (Å²) < 4.78 is 7.08. The zero-order valence-corrected chi connectivity index (χ0v) is 9.21. The van der Waals surface area contributed by atoms with Gasteiger partial charge in [0.25, 0.3) is 0 Å². The molecule has 15 heavy (non-hydrogen) atoms. The fourth-order valence-corrected chi connectivity index (χ4v) is 1.99. The van der Waals surface area contributed by atoms with Gasteiger partial charge < -0.3 is 9.30 Å². The van der Waals surface area contributed by atoms with Crippen molar-refractivity contribution in [2.75, 3.05) is 7.11 Å². The van der Waals surface area contributed by atoms with Crippen molar-refractivity contribution in [1.82, 2.24) is 4.57 Å². The number of nitrogens with zero attached hydrogens (tertiary/aromatic N) is 1. The number of halogens is 1. The molecule has 0 spiro atoms. The molecule has 0 saturated heterocycles. The molecule has 0 aliphatic heterocycles. The number of ether oxygens (including phenoxy) is 1. The number of benzene rings is 1. The van der Waals surface area contributed by atoms with Crippen LogP contribution in [0.4, 0.5) is 0 Å². The van der Waals surface area contributed by atoms with Crippen LogP contribution >= 0.6 is 11.6 Å². The average molecular weight is 224 g/mol. The Kier molecular flexibility index (Phi) is 2.40. The summed E-state index contributed by atoms with van der Waals surface area (Å²) >= 11 is 5.99. The lowest BCUT2D eigenvalue weighted by Crippen LogP contribution is -1.88. The molecule has 0 unspecified atom stereocenters. The van der Waals surface area contributed by atoms with Crippen molar-refractivity contribution in [2.24, 2.45) is 7.05 Å². The highest BCUT2D eigenvalue weighted by atomic mass is 35.5. The summed E-state index contributed by atoms with van der Waals surface area (Å²) in [4.78, 5) is 10.9. The fraction of sp³-hybridized carbons (Fsp3) is 0.182. The zero-order chi connectivity index (χ0) is 11.0. The van der Waals surface area contributed by atoms with E-state index in [1.807, 2.05) is 17.7 Å². The van der Waals surface area contributed by atoms with E-state index in [4.69, 9.17) is 16.3 Å². The van der Waals surface area contributed by atoms with Gasteiger partial charge in [-0.15, -0.1) is 0 Å². The van der Waals surface area contributed by atoms with Crippen molar-refractivity contribution >= 4 is 28.8 Å². The van der Waals surface area contributed by atoms with E-state index in [1.54, 1.807) is 19.4 Å². The second kappa shape index (κ2) is 3.59. The van der Waals surface area contributed by atoms with Crippen molar-refractivity contribution in [2.45, 2.75) is 0 Å². The maximum absolute atomic E-state index is 10.9. The number of aryl methyl sites for hydroxylation is 1. The molecule has 1 heterocycles. The van der Waals surface area contributed by atoms with Gasteiger partial charge in [0.05, 0.1) is 23.0 Å². The third kappa shape index (κ3) is 1.39. The van der Waals surface area contributed by atoms with Crippen LogP contribution in [0, 0.1) is 0 Å². The SMILES string of the molecule is COc1c(Cl)ccc2c1c(C=O)cn2C. The van der Waals surface area contributed by atoms with Crippen LogP contribution in [0.15, 0.2) is 18.3 Å². The summed E-state index contributed by atoms with van der Waals surface area (Å²) in [6, 6.07) is 3.63. The number of aromatic nitrogens is 1. The molecule has 2 rings (SSSR count). The Morgan fingerprint density at radius 2 is 2.20 bits per heavy atom. The van der Waals surface area contributed by atoms with E-state index in [-0.39, 0.29) is 0 Å². The maximum atomic E-state index is 10.9. The summed E-state index contributed by atoms with van der Waals surface area (Å²) in [5.41, 5.74) is 1.52. The minimum absolute atomic E-state index is 0.513. The molecule has 0 bridgehead atoms. The lowest BCUT2D eigenvalue weighted by Gasteiger charge is -2.05. The highest BCUT2D eigenvalue weighted by Crippen LogP contribution is 2.35. The Balaban J connectivity index is 2.94. The molecule has 0 fully saturated rings. The van der Waals surface area contributed by atoms with Gasteiger partial charge in [-0.05, 0) is 12.1 Å². The fourth-order valence-electron chi connectivity index (χ4n) is 1.75. The second-order valence-electron chi connectivity index (χ2n) is 3.29. The smallest absolute Gasteiger partial charge is 0.152 e. The Labute approximate surface area is 92.2 Å². The number of fused-ring (bicyclic) bond motifs is 1. The third-order valence-corrected chi connectivity index (χ3v) is 2.72. The minimum Gasteiger partial charge on any atom is -0.494 e. The standard InChI is InChI=1S/C11H10ClNO2/c1-13-5-7(6-14)10-9(13)4-3-8(12)11(10)15-2/h3-6H,1-2H3. The van der Waals surface area contributed by atoms with Crippen molar-refractivity contribution in [3.8, 4) is 5.75 Å². The van der Waals surface area contributed by atoms with Crippen LogP contribution in [0.1, 0.15) is 10.4 Å². The van der Waals surface area contributed by atoms with Crippen LogP contribution < -0.4 is 4.74 Å². The first-order chi connectivity index (χ1) is 7.19. The number of rotatable bonds is 2. The monoisotopic (exact) mass is 223 g/mol. The molecule has 0 amide bonds. The molecule has 4 heteroatoms. The molecule has 1 aromatic heterocycles. The van der Waals surface area contributed by atoms with E-state index in [9.17, 15) is 4.79 Å². The van der Waals surface area contributed by atoms with Gasteiger partial charge in [-0.1, -0.05) is 11.6 Å². The van der Waals surface area contributed by atoms with Gasteiger partial charge >= 0.3 is 0 Å². The zero-order valence-electron chi connectivity index (χ0n) is 8.45. The molecule has 0 saturated carbocycles. The summed E-state index contributed by atoms with van der Waals surface area (Å²) in [6.07, 6.45) is 2.57. The number of carbonyl (C=O) groups is 1. The summed E-state index contributed by atoms with van der Waals surface area (Å²) in [7, 11) is 3.42. The molecule has 0 aliphatic rings. The van der Waals surface area contributed by atoms with Gasteiger partial charge in [0.15, 0.2) is 6.29 Å². The third-order valence-electron chi connectivity index (χ3n) is 2.42. The summed E-state index contributed by atoms with van der Waals surface area (Å²) in [5, 5.41) is 1.28. The molecule has 0 radical (unpaired) electrons. The van der Waals surface area contributed by atoms with Gasteiger partial charge in [0, 0.05) is 18.8 Å².